The largest absolute Gasteiger partial charge is 0.345 e. The van der Waals surface area contributed by atoms with Crippen molar-refractivity contribution < 1.29 is 9.32 Å². The molecule has 31 heavy (non-hydrogen) atoms. The molecule has 0 atom stereocenters. The van der Waals surface area contributed by atoms with E-state index in [4.69, 9.17) is 4.52 Å². The fourth-order valence-electron chi connectivity index (χ4n) is 4.09. The number of nitrogens with zero attached hydrogens (tertiary/aromatic N) is 6. The lowest BCUT2D eigenvalue weighted by atomic mass is 10.1. The summed E-state index contributed by atoms with van der Waals surface area (Å²) in [5, 5.41) is 6.48. The zero-order chi connectivity index (χ0) is 20.9. The molecule has 0 N–H and O–H groups in total. The number of hydrogen-bond donors (Lipinski definition) is 0. The highest BCUT2D eigenvalue weighted by Crippen LogP contribution is 2.29. The molecule has 0 aliphatic carbocycles. The van der Waals surface area contributed by atoms with Crippen LogP contribution < -0.4 is 0 Å². The third-order valence-electron chi connectivity index (χ3n) is 5.59. The molecule has 1 aliphatic rings. The number of benzene rings is 2. The van der Waals surface area contributed by atoms with Gasteiger partial charge in [-0.25, -0.2) is 4.98 Å². The van der Waals surface area contributed by atoms with Gasteiger partial charge in [0.15, 0.2) is 11.5 Å². The van der Waals surface area contributed by atoms with E-state index < -0.39 is 0 Å². The molecule has 0 bridgehead atoms. The Balaban J connectivity index is 1.37. The SMILES string of the molecule is CN1Cc2c(-c3nc(Cn4cc5ccccc5c4)no3)ncn2-c2ccccc2C1=O. The third kappa shape index (κ3) is 2.83. The van der Waals surface area contributed by atoms with Gasteiger partial charge in [-0.1, -0.05) is 41.6 Å². The van der Waals surface area contributed by atoms with Crippen molar-refractivity contribution in [2.75, 3.05) is 7.05 Å². The van der Waals surface area contributed by atoms with Gasteiger partial charge in [0.25, 0.3) is 11.8 Å². The summed E-state index contributed by atoms with van der Waals surface area (Å²) in [5.41, 5.74) is 2.86. The van der Waals surface area contributed by atoms with Crippen molar-refractivity contribution in [3.05, 3.63) is 84.3 Å². The fraction of sp³-hybridized carbons (Fsp3) is 0.130. The molecular formula is C23H18N6O2. The van der Waals surface area contributed by atoms with Gasteiger partial charge in [-0.15, -0.1) is 0 Å². The Kier molecular flexibility index (Phi) is 3.79. The van der Waals surface area contributed by atoms with Crippen LogP contribution in [0.5, 0.6) is 0 Å². The van der Waals surface area contributed by atoms with Crippen LogP contribution in [0.15, 0.2) is 71.8 Å². The second-order valence-corrected chi connectivity index (χ2v) is 7.66. The quantitative estimate of drug-likeness (QED) is 0.455. The van der Waals surface area contributed by atoms with Gasteiger partial charge in [0, 0.05) is 19.4 Å². The Morgan fingerprint density at radius 1 is 1.03 bits per heavy atom. The Morgan fingerprint density at radius 2 is 1.77 bits per heavy atom. The highest BCUT2D eigenvalue weighted by Gasteiger charge is 2.28. The molecule has 0 saturated carbocycles. The van der Waals surface area contributed by atoms with Crippen molar-refractivity contribution in [1.82, 2.24) is 29.2 Å². The van der Waals surface area contributed by atoms with Gasteiger partial charge in [0.2, 0.25) is 0 Å². The summed E-state index contributed by atoms with van der Waals surface area (Å²) in [6.07, 6.45) is 5.83. The highest BCUT2D eigenvalue weighted by molar-refractivity contribution is 5.98. The maximum atomic E-state index is 12.8. The summed E-state index contributed by atoms with van der Waals surface area (Å²) >= 11 is 0. The van der Waals surface area contributed by atoms with Gasteiger partial charge in [-0.3, -0.25) is 9.36 Å². The molecule has 0 unspecified atom stereocenters. The molecule has 8 heteroatoms. The Hall–Kier alpha value is -4.20. The third-order valence-corrected chi connectivity index (χ3v) is 5.59. The molecule has 5 aromatic rings. The van der Waals surface area contributed by atoms with Crippen molar-refractivity contribution in [1.29, 1.82) is 0 Å². The van der Waals surface area contributed by atoms with E-state index in [-0.39, 0.29) is 5.91 Å². The molecule has 0 saturated heterocycles. The first-order valence-electron chi connectivity index (χ1n) is 9.96. The molecule has 3 aromatic heterocycles. The van der Waals surface area contributed by atoms with Crippen LogP contribution in [0.2, 0.25) is 0 Å². The summed E-state index contributed by atoms with van der Waals surface area (Å²) in [4.78, 5) is 23.6. The van der Waals surface area contributed by atoms with E-state index in [9.17, 15) is 4.79 Å². The molecule has 152 valence electrons. The average Bonchev–Trinajstić information content (AvgIpc) is 3.49. The molecule has 1 aliphatic heterocycles. The predicted octanol–water partition coefficient (Wildman–Crippen LogP) is 3.51. The zero-order valence-corrected chi connectivity index (χ0v) is 16.8. The number of rotatable bonds is 3. The Labute approximate surface area is 177 Å². The van der Waals surface area contributed by atoms with Crippen LogP contribution in [0.3, 0.4) is 0 Å². The van der Waals surface area contributed by atoms with Crippen LogP contribution in [0.25, 0.3) is 28.0 Å². The van der Waals surface area contributed by atoms with Crippen molar-refractivity contribution in [2.24, 2.45) is 0 Å². The van der Waals surface area contributed by atoms with E-state index in [0.717, 1.165) is 22.2 Å². The molecule has 1 amide bonds. The summed E-state index contributed by atoms with van der Waals surface area (Å²) in [5.74, 6) is 0.882. The van der Waals surface area contributed by atoms with Gasteiger partial charge in [-0.05, 0) is 22.9 Å². The number of carbonyl (C=O) groups is 1. The van der Waals surface area contributed by atoms with E-state index in [2.05, 4.69) is 39.7 Å². The molecule has 6 rings (SSSR count). The lowest BCUT2D eigenvalue weighted by Crippen LogP contribution is -2.25. The maximum absolute atomic E-state index is 12.8. The smallest absolute Gasteiger partial charge is 0.278 e. The zero-order valence-electron chi connectivity index (χ0n) is 16.8. The average molecular weight is 410 g/mol. The summed E-state index contributed by atoms with van der Waals surface area (Å²) in [6.45, 7) is 0.888. The topological polar surface area (TPSA) is 82.0 Å². The number of para-hydroxylation sites is 1. The molecule has 2 aromatic carbocycles. The van der Waals surface area contributed by atoms with E-state index in [1.807, 2.05) is 45.5 Å². The van der Waals surface area contributed by atoms with E-state index in [1.54, 1.807) is 18.3 Å². The first-order valence-corrected chi connectivity index (χ1v) is 9.96. The molecular weight excluding hydrogens is 392 g/mol. The van der Waals surface area contributed by atoms with Gasteiger partial charge >= 0.3 is 0 Å². The lowest BCUT2D eigenvalue weighted by Gasteiger charge is -2.14. The molecule has 4 heterocycles. The minimum atomic E-state index is -0.0313. The number of hydrogen-bond acceptors (Lipinski definition) is 5. The number of imidazole rings is 1. The van der Waals surface area contributed by atoms with Crippen LogP contribution in [0, 0.1) is 0 Å². The van der Waals surface area contributed by atoms with Crippen LogP contribution in [0.1, 0.15) is 21.9 Å². The number of amides is 1. The Morgan fingerprint density at radius 3 is 2.58 bits per heavy atom. The van der Waals surface area contributed by atoms with Crippen LogP contribution in [-0.2, 0) is 13.1 Å². The van der Waals surface area contributed by atoms with E-state index >= 15 is 0 Å². The van der Waals surface area contributed by atoms with Crippen LogP contribution in [0.4, 0.5) is 0 Å². The second kappa shape index (κ2) is 6.66. The van der Waals surface area contributed by atoms with Crippen molar-refractivity contribution in [2.45, 2.75) is 13.1 Å². The van der Waals surface area contributed by atoms with Crippen LogP contribution in [-0.4, -0.2) is 42.1 Å². The summed E-state index contributed by atoms with van der Waals surface area (Å²) in [6, 6.07) is 15.7. The Bertz CT molecular complexity index is 1410. The maximum Gasteiger partial charge on any atom is 0.278 e. The second-order valence-electron chi connectivity index (χ2n) is 7.66. The van der Waals surface area contributed by atoms with Crippen molar-refractivity contribution >= 4 is 16.7 Å². The van der Waals surface area contributed by atoms with E-state index in [0.29, 0.717) is 36.1 Å². The van der Waals surface area contributed by atoms with Crippen molar-refractivity contribution in [3.63, 3.8) is 0 Å². The molecule has 0 spiro atoms. The number of fused-ring (bicyclic) bond motifs is 4. The molecule has 0 fully saturated rings. The molecule has 0 radical (unpaired) electrons. The fourth-order valence-corrected chi connectivity index (χ4v) is 4.09. The first kappa shape index (κ1) is 17.6. The van der Waals surface area contributed by atoms with Crippen molar-refractivity contribution in [3.8, 4) is 17.3 Å². The normalized spacial score (nSPS) is 13.3. The predicted molar refractivity (Wildman–Crippen MR) is 114 cm³/mol. The summed E-state index contributed by atoms with van der Waals surface area (Å²) < 4.78 is 9.52. The molecule has 8 nitrogen and oxygen atoms in total. The van der Waals surface area contributed by atoms with E-state index in [1.165, 1.54) is 0 Å². The standard InChI is InChI=1S/C23H18N6O2/c1-27-12-19-21(24-14-29(19)18-9-5-4-8-17(18)23(27)30)22-25-20(26-31-22)13-28-10-15-6-2-3-7-16(15)11-28/h2-11,14H,12-13H2,1H3. The van der Waals surface area contributed by atoms with Gasteiger partial charge in [-0.2, -0.15) is 4.98 Å². The summed E-state index contributed by atoms with van der Waals surface area (Å²) in [7, 11) is 1.78. The minimum Gasteiger partial charge on any atom is -0.345 e. The number of aromatic nitrogens is 5. The lowest BCUT2D eigenvalue weighted by molar-refractivity contribution is 0.0788. The highest BCUT2D eigenvalue weighted by atomic mass is 16.5. The monoisotopic (exact) mass is 410 g/mol. The van der Waals surface area contributed by atoms with Gasteiger partial charge in [0.1, 0.15) is 6.33 Å². The first-order chi connectivity index (χ1) is 15.2. The van der Waals surface area contributed by atoms with Gasteiger partial charge < -0.3 is 14.0 Å². The van der Waals surface area contributed by atoms with Crippen LogP contribution >= 0.6 is 0 Å². The minimum absolute atomic E-state index is 0.0313. The van der Waals surface area contributed by atoms with Gasteiger partial charge in [0.05, 0.1) is 30.0 Å². The number of carbonyl (C=O) groups excluding carboxylic acids is 1.